The Hall–Kier alpha value is -3.15. The zero-order valence-electron chi connectivity index (χ0n) is 18.8. The molecule has 0 radical (unpaired) electrons. The number of hydrogen-bond acceptors (Lipinski definition) is 3. The van der Waals surface area contributed by atoms with Crippen LogP contribution in [0.5, 0.6) is 5.75 Å². The maximum Gasteiger partial charge on any atom is 0.226 e. The molecular formula is C26H30FN3O2. The molecule has 1 saturated heterocycles. The number of carbonyl (C=O) groups is 1. The molecule has 0 aliphatic carbocycles. The summed E-state index contributed by atoms with van der Waals surface area (Å²) in [6.45, 7) is 4.31. The molecule has 1 fully saturated rings. The molecule has 168 valence electrons. The number of piperidine rings is 1. The Morgan fingerprint density at radius 1 is 1.12 bits per heavy atom. The minimum absolute atomic E-state index is 0.172. The molecule has 2 aromatic carbocycles. The molecule has 1 aliphatic heterocycles. The van der Waals surface area contributed by atoms with Crippen molar-refractivity contribution >= 4 is 5.91 Å². The molecule has 0 N–H and O–H groups in total. The van der Waals surface area contributed by atoms with E-state index in [9.17, 15) is 9.18 Å². The monoisotopic (exact) mass is 435 g/mol. The first-order valence-corrected chi connectivity index (χ1v) is 11.2. The molecule has 4 rings (SSSR count). The summed E-state index contributed by atoms with van der Waals surface area (Å²) in [6.07, 6.45) is 5.17. The summed E-state index contributed by atoms with van der Waals surface area (Å²) < 4.78 is 20.7. The van der Waals surface area contributed by atoms with E-state index in [1.165, 1.54) is 12.1 Å². The van der Waals surface area contributed by atoms with Crippen LogP contribution in [-0.4, -0.2) is 40.6 Å². The second-order valence-electron chi connectivity index (χ2n) is 8.59. The van der Waals surface area contributed by atoms with Gasteiger partial charge in [0.2, 0.25) is 5.91 Å². The highest BCUT2D eigenvalue weighted by Crippen LogP contribution is 2.23. The molecule has 0 bridgehead atoms. The van der Waals surface area contributed by atoms with Gasteiger partial charge in [0.1, 0.15) is 17.4 Å². The van der Waals surface area contributed by atoms with Crippen LogP contribution in [-0.2, 0) is 24.2 Å². The van der Waals surface area contributed by atoms with Gasteiger partial charge in [-0.3, -0.25) is 4.79 Å². The van der Waals surface area contributed by atoms with E-state index in [1.807, 2.05) is 47.5 Å². The van der Waals surface area contributed by atoms with Gasteiger partial charge in [-0.15, -0.1) is 0 Å². The van der Waals surface area contributed by atoms with Crippen molar-refractivity contribution in [2.75, 3.05) is 20.2 Å². The lowest BCUT2D eigenvalue weighted by molar-refractivity contribution is -0.131. The number of imidazole rings is 1. The number of methoxy groups -OCH3 is 1. The van der Waals surface area contributed by atoms with E-state index in [-0.39, 0.29) is 11.7 Å². The number of likely N-dealkylation sites (tertiary alicyclic amines) is 1. The van der Waals surface area contributed by atoms with Crippen LogP contribution in [0.15, 0.2) is 54.7 Å². The Morgan fingerprint density at radius 3 is 2.59 bits per heavy atom. The van der Waals surface area contributed by atoms with Crippen molar-refractivity contribution < 1.29 is 13.9 Å². The first-order valence-electron chi connectivity index (χ1n) is 11.2. The first kappa shape index (κ1) is 22.1. The van der Waals surface area contributed by atoms with Crippen molar-refractivity contribution in [3.63, 3.8) is 0 Å². The summed E-state index contributed by atoms with van der Waals surface area (Å²) in [5, 5.41) is 0. The molecular weight excluding hydrogens is 405 g/mol. The van der Waals surface area contributed by atoms with Crippen molar-refractivity contribution in [1.29, 1.82) is 0 Å². The zero-order valence-corrected chi connectivity index (χ0v) is 18.8. The molecule has 32 heavy (non-hydrogen) atoms. The molecule has 0 spiro atoms. The normalized spacial score (nSPS) is 14.5. The maximum atomic E-state index is 13.2. The number of ether oxygens (including phenoxy) is 1. The van der Waals surface area contributed by atoms with Gasteiger partial charge in [-0.05, 0) is 61.1 Å². The number of aryl methyl sites for hydroxylation is 1. The topological polar surface area (TPSA) is 47.4 Å². The number of rotatable bonds is 7. The lowest BCUT2D eigenvalue weighted by Crippen LogP contribution is -2.39. The summed E-state index contributed by atoms with van der Waals surface area (Å²) in [5.41, 5.74) is 3.15. The van der Waals surface area contributed by atoms with E-state index in [2.05, 4.69) is 16.5 Å². The van der Waals surface area contributed by atoms with Gasteiger partial charge in [-0.2, -0.15) is 0 Å². The minimum atomic E-state index is -0.218. The number of halogens is 1. The molecule has 0 atom stereocenters. The SMILES string of the molecule is COc1cccc(CC(=O)N2CCC(Cc3ncc(C)n3Cc3ccc(F)cc3)CC2)c1. The fourth-order valence-corrected chi connectivity index (χ4v) is 4.38. The van der Waals surface area contributed by atoms with Gasteiger partial charge in [-0.25, -0.2) is 9.37 Å². The number of hydrogen-bond donors (Lipinski definition) is 0. The zero-order chi connectivity index (χ0) is 22.5. The fourth-order valence-electron chi connectivity index (χ4n) is 4.38. The summed E-state index contributed by atoms with van der Waals surface area (Å²) in [5.74, 6) is 2.30. The number of nitrogens with zero attached hydrogens (tertiary/aromatic N) is 3. The quantitative estimate of drug-likeness (QED) is 0.552. The minimum Gasteiger partial charge on any atom is -0.497 e. The lowest BCUT2D eigenvalue weighted by Gasteiger charge is -2.32. The summed E-state index contributed by atoms with van der Waals surface area (Å²) >= 11 is 0. The van der Waals surface area contributed by atoms with E-state index in [1.54, 1.807) is 7.11 Å². The third kappa shape index (κ3) is 5.36. The van der Waals surface area contributed by atoms with Crippen LogP contribution in [0.2, 0.25) is 0 Å². The average molecular weight is 436 g/mol. The highest BCUT2D eigenvalue weighted by Gasteiger charge is 2.24. The van der Waals surface area contributed by atoms with Crippen molar-refractivity contribution in [1.82, 2.24) is 14.5 Å². The molecule has 0 saturated carbocycles. The molecule has 2 heterocycles. The van der Waals surface area contributed by atoms with E-state index < -0.39 is 0 Å². The van der Waals surface area contributed by atoms with Gasteiger partial charge in [-0.1, -0.05) is 24.3 Å². The van der Waals surface area contributed by atoms with E-state index in [0.717, 1.165) is 60.7 Å². The summed E-state index contributed by atoms with van der Waals surface area (Å²) in [7, 11) is 1.64. The summed E-state index contributed by atoms with van der Waals surface area (Å²) in [4.78, 5) is 19.4. The lowest BCUT2D eigenvalue weighted by atomic mass is 9.92. The number of aromatic nitrogens is 2. The van der Waals surface area contributed by atoms with Crippen LogP contribution in [0.4, 0.5) is 4.39 Å². The second-order valence-corrected chi connectivity index (χ2v) is 8.59. The van der Waals surface area contributed by atoms with Gasteiger partial charge < -0.3 is 14.2 Å². The van der Waals surface area contributed by atoms with Crippen LogP contribution in [0.3, 0.4) is 0 Å². The Morgan fingerprint density at radius 2 is 1.88 bits per heavy atom. The Balaban J connectivity index is 1.32. The predicted molar refractivity (Wildman–Crippen MR) is 122 cm³/mol. The standard InChI is InChI=1S/C26H30FN3O2/c1-19-17-28-25(30(19)18-21-6-8-23(27)9-7-21)15-20-10-12-29(13-11-20)26(31)16-22-4-3-5-24(14-22)32-2/h3-9,14,17,20H,10-13,15-16,18H2,1-2H3. The Kier molecular flexibility index (Phi) is 6.88. The third-order valence-electron chi connectivity index (χ3n) is 6.32. The van der Waals surface area contributed by atoms with Crippen molar-refractivity contribution in [2.24, 2.45) is 5.92 Å². The van der Waals surface area contributed by atoms with Crippen molar-refractivity contribution in [3.8, 4) is 5.75 Å². The molecule has 1 aromatic heterocycles. The maximum absolute atomic E-state index is 13.2. The van der Waals surface area contributed by atoms with Crippen LogP contribution >= 0.6 is 0 Å². The van der Waals surface area contributed by atoms with Crippen LogP contribution in [0.25, 0.3) is 0 Å². The van der Waals surface area contributed by atoms with Gasteiger partial charge in [0.25, 0.3) is 0 Å². The highest BCUT2D eigenvalue weighted by atomic mass is 19.1. The molecule has 1 aliphatic rings. The van der Waals surface area contributed by atoms with Gasteiger partial charge >= 0.3 is 0 Å². The van der Waals surface area contributed by atoms with E-state index in [0.29, 0.717) is 18.9 Å². The van der Waals surface area contributed by atoms with E-state index in [4.69, 9.17) is 4.74 Å². The van der Waals surface area contributed by atoms with Gasteiger partial charge in [0, 0.05) is 37.9 Å². The third-order valence-corrected chi connectivity index (χ3v) is 6.32. The molecule has 6 heteroatoms. The Labute approximate surface area is 188 Å². The number of amides is 1. The molecule has 5 nitrogen and oxygen atoms in total. The molecule has 1 amide bonds. The van der Waals surface area contributed by atoms with E-state index >= 15 is 0 Å². The number of benzene rings is 2. The predicted octanol–water partition coefficient (Wildman–Crippen LogP) is 4.41. The van der Waals surface area contributed by atoms with Crippen LogP contribution in [0, 0.1) is 18.7 Å². The van der Waals surface area contributed by atoms with Crippen molar-refractivity contribution in [2.45, 2.75) is 39.2 Å². The average Bonchev–Trinajstić information content (AvgIpc) is 3.14. The largest absolute Gasteiger partial charge is 0.497 e. The van der Waals surface area contributed by atoms with Crippen molar-refractivity contribution in [3.05, 3.63) is 83.2 Å². The smallest absolute Gasteiger partial charge is 0.226 e. The highest BCUT2D eigenvalue weighted by molar-refractivity contribution is 5.79. The fraction of sp³-hybridized carbons (Fsp3) is 0.385. The second kappa shape index (κ2) is 9.98. The molecule has 3 aromatic rings. The first-order chi connectivity index (χ1) is 15.5. The summed E-state index contributed by atoms with van der Waals surface area (Å²) in [6, 6.07) is 14.4. The van der Waals surface area contributed by atoms with Gasteiger partial charge in [0.15, 0.2) is 0 Å². The van der Waals surface area contributed by atoms with Gasteiger partial charge in [0.05, 0.1) is 13.5 Å². The van der Waals surface area contributed by atoms with Crippen LogP contribution in [0.1, 0.15) is 35.5 Å². The number of carbonyl (C=O) groups excluding carboxylic acids is 1. The Bertz CT molecular complexity index is 1050. The molecule has 0 unspecified atom stereocenters. The van der Waals surface area contributed by atoms with Crippen LogP contribution < -0.4 is 4.74 Å².